The van der Waals surface area contributed by atoms with Crippen molar-refractivity contribution in [3.05, 3.63) is 64.5 Å². The number of amides is 1. The molecule has 0 spiro atoms. The summed E-state index contributed by atoms with van der Waals surface area (Å²) in [6, 6.07) is 13.4. The fourth-order valence-electron chi connectivity index (χ4n) is 3.29. The van der Waals surface area contributed by atoms with Crippen molar-refractivity contribution in [2.75, 3.05) is 11.4 Å². The minimum absolute atomic E-state index is 0.0705. The molecule has 1 unspecified atom stereocenters. The van der Waals surface area contributed by atoms with E-state index in [1.165, 1.54) is 0 Å². The van der Waals surface area contributed by atoms with Gasteiger partial charge in [-0.05, 0) is 43.2 Å². The molecule has 4 rings (SSSR count). The number of rotatable bonds is 3. The molecule has 1 aliphatic rings. The van der Waals surface area contributed by atoms with Gasteiger partial charge >= 0.3 is 0 Å². The van der Waals surface area contributed by atoms with Crippen molar-refractivity contribution < 1.29 is 9.32 Å². The predicted octanol–water partition coefficient (Wildman–Crippen LogP) is 4.53. The number of carbonyl (C=O) groups excluding carboxylic acids is 1. The zero-order valence-electron chi connectivity index (χ0n) is 14.6. The number of aromatic nitrogens is 2. The normalized spacial score (nSPS) is 17.1. The first kappa shape index (κ1) is 16.8. The highest BCUT2D eigenvalue weighted by Gasteiger charge is 2.35. The summed E-state index contributed by atoms with van der Waals surface area (Å²) >= 11 is 6.20. The molecule has 5 nitrogen and oxygen atoms in total. The smallest absolute Gasteiger partial charge is 0.232 e. The second kappa shape index (κ2) is 6.57. The third kappa shape index (κ3) is 2.88. The Hall–Kier alpha value is -2.66. The van der Waals surface area contributed by atoms with E-state index in [-0.39, 0.29) is 11.8 Å². The topological polar surface area (TPSA) is 59.2 Å². The van der Waals surface area contributed by atoms with Crippen LogP contribution in [0.5, 0.6) is 0 Å². The molecule has 0 aliphatic carbocycles. The summed E-state index contributed by atoms with van der Waals surface area (Å²) in [5, 5.41) is 4.61. The maximum Gasteiger partial charge on any atom is 0.232 e. The summed E-state index contributed by atoms with van der Waals surface area (Å²) in [6.07, 6.45) is 0.359. The Labute approximate surface area is 156 Å². The van der Waals surface area contributed by atoms with Crippen LogP contribution in [0.4, 0.5) is 5.69 Å². The molecule has 0 saturated carbocycles. The maximum absolute atomic E-state index is 12.6. The van der Waals surface area contributed by atoms with Gasteiger partial charge in [-0.3, -0.25) is 4.79 Å². The maximum atomic E-state index is 12.6. The molecule has 2 heterocycles. The molecule has 6 heteroatoms. The Bertz CT molecular complexity index is 983. The lowest BCUT2D eigenvalue weighted by molar-refractivity contribution is -0.117. The molecule has 26 heavy (non-hydrogen) atoms. The molecular weight excluding hydrogens is 350 g/mol. The molecule has 1 saturated heterocycles. The SMILES string of the molecule is Cc1cccc(N2CC(c3nc(-c4ccccc4Cl)no3)CC2=O)c1C. The first-order chi connectivity index (χ1) is 12.5. The highest BCUT2D eigenvalue weighted by atomic mass is 35.5. The highest BCUT2D eigenvalue weighted by molar-refractivity contribution is 6.33. The van der Waals surface area contributed by atoms with E-state index in [4.69, 9.17) is 16.1 Å². The van der Waals surface area contributed by atoms with Crippen LogP contribution in [-0.4, -0.2) is 22.6 Å². The molecule has 1 fully saturated rings. The van der Waals surface area contributed by atoms with Crippen molar-refractivity contribution >= 4 is 23.2 Å². The predicted molar refractivity (Wildman–Crippen MR) is 100 cm³/mol. The molecule has 0 bridgehead atoms. The molecule has 1 amide bonds. The first-order valence-corrected chi connectivity index (χ1v) is 8.87. The van der Waals surface area contributed by atoms with Gasteiger partial charge in [0.1, 0.15) is 0 Å². The molecule has 0 N–H and O–H groups in total. The Morgan fingerprint density at radius 2 is 1.96 bits per heavy atom. The van der Waals surface area contributed by atoms with E-state index < -0.39 is 0 Å². The summed E-state index contributed by atoms with van der Waals surface area (Å²) in [6.45, 7) is 4.62. The number of nitrogens with zero attached hydrogens (tertiary/aromatic N) is 3. The van der Waals surface area contributed by atoms with Gasteiger partial charge in [-0.25, -0.2) is 0 Å². The fourth-order valence-corrected chi connectivity index (χ4v) is 3.51. The van der Waals surface area contributed by atoms with Gasteiger partial charge in [0.2, 0.25) is 17.6 Å². The van der Waals surface area contributed by atoms with Crippen LogP contribution in [0.15, 0.2) is 47.0 Å². The summed E-state index contributed by atoms with van der Waals surface area (Å²) in [5.74, 6) is 0.872. The average molecular weight is 368 g/mol. The Kier molecular flexibility index (Phi) is 4.24. The third-order valence-corrected chi connectivity index (χ3v) is 5.23. The van der Waals surface area contributed by atoms with Crippen molar-refractivity contribution in [1.82, 2.24) is 10.1 Å². The summed E-state index contributed by atoms with van der Waals surface area (Å²) in [5.41, 5.74) is 3.95. The summed E-state index contributed by atoms with van der Waals surface area (Å²) in [7, 11) is 0. The van der Waals surface area contributed by atoms with Gasteiger partial charge in [0, 0.05) is 24.2 Å². The average Bonchev–Trinajstić information content (AvgIpc) is 3.25. The number of anilines is 1. The lowest BCUT2D eigenvalue weighted by atomic mass is 10.1. The van der Waals surface area contributed by atoms with Crippen LogP contribution in [0, 0.1) is 13.8 Å². The van der Waals surface area contributed by atoms with E-state index in [0.717, 1.165) is 22.4 Å². The summed E-state index contributed by atoms with van der Waals surface area (Å²) < 4.78 is 5.45. The molecule has 1 aromatic heterocycles. The van der Waals surface area contributed by atoms with E-state index in [9.17, 15) is 4.79 Å². The van der Waals surface area contributed by atoms with Gasteiger partial charge < -0.3 is 9.42 Å². The number of benzene rings is 2. The van der Waals surface area contributed by atoms with Crippen LogP contribution in [0.1, 0.15) is 29.4 Å². The van der Waals surface area contributed by atoms with E-state index >= 15 is 0 Å². The Morgan fingerprint density at radius 1 is 1.15 bits per heavy atom. The van der Waals surface area contributed by atoms with Gasteiger partial charge in [-0.2, -0.15) is 4.98 Å². The molecule has 1 atom stereocenters. The Morgan fingerprint density at radius 3 is 2.77 bits per heavy atom. The van der Waals surface area contributed by atoms with Gasteiger partial charge in [-0.1, -0.05) is 41.0 Å². The van der Waals surface area contributed by atoms with E-state index in [2.05, 4.69) is 10.1 Å². The molecule has 3 aromatic rings. The number of carbonyl (C=O) groups is 1. The third-order valence-electron chi connectivity index (χ3n) is 4.90. The van der Waals surface area contributed by atoms with Crippen molar-refractivity contribution in [1.29, 1.82) is 0 Å². The number of halogens is 1. The lowest BCUT2D eigenvalue weighted by Gasteiger charge is -2.19. The van der Waals surface area contributed by atoms with Crippen molar-refractivity contribution in [2.45, 2.75) is 26.2 Å². The number of aryl methyl sites for hydroxylation is 1. The number of hydrogen-bond acceptors (Lipinski definition) is 4. The van der Waals surface area contributed by atoms with Crippen molar-refractivity contribution in [2.24, 2.45) is 0 Å². The van der Waals surface area contributed by atoms with Crippen LogP contribution in [0.2, 0.25) is 5.02 Å². The van der Waals surface area contributed by atoms with Crippen LogP contribution in [0.25, 0.3) is 11.4 Å². The summed E-state index contributed by atoms with van der Waals surface area (Å²) in [4.78, 5) is 18.9. The van der Waals surface area contributed by atoms with Gasteiger partial charge in [0.25, 0.3) is 0 Å². The molecule has 132 valence electrons. The number of hydrogen-bond donors (Lipinski definition) is 0. The Balaban J connectivity index is 1.60. The molecular formula is C20H18ClN3O2. The molecule has 2 aromatic carbocycles. The lowest BCUT2D eigenvalue weighted by Crippen LogP contribution is -2.25. The minimum atomic E-state index is -0.119. The van der Waals surface area contributed by atoms with Gasteiger partial charge in [0.15, 0.2) is 0 Å². The van der Waals surface area contributed by atoms with Crippen LogP contribution in [0.3, 0.4) is 0 Å². The standard InChI is InChI=1S/C20H18ClN3O2/c1-12-6-5-9-17(13(12)2)24-11-14(10-18(24)25)20-22-19(23-26-20)15-7-3-4-8-16(15)21/h3-9,14H,10-11H2,1-2H3. The van der Waals surface area contributed by atoms with Crippen molar-refractivity contribution in [3.63, 3.8) is 0 Å². The van der Waals surface area contributed by atoms with Gasteiger partial charge in [0.05, 0.1) is 10.9 Å². The second-order valence-electron chi connectivity index (χ2n) is 6.56. The van der Waals surface area contributed by atoms with E-state index in [0.29, 0.717) is 29.7 Å². The fraction of sp³-hybridized carbons (Fsp3) is 0.250. The van der Waals surface area contributed by atoms with E-state index in [1.807, 2.05) is 55.1 Å². The van der Waals surface area contributed by atoms with Crippen LogP contribution < -0.4 is 4.90 Å². The van der Waals surface area contributed by atoms with Crippen LogP contribution in [-0.2, 0) is 4.79 Å². The monoisotopic (exact) mass is 367 g/mol. The minimum Gasteiger partial charge on any atom is -0.339 e. The second-order valence-corrected chi connectivity index (χ2v) is 6.97. The zero-order valence-corrected chi connectivity index (χ0v) is 15.3. The molecule has 1 aliphatic heterocycles. The molecule has 0 radical (unpaired) electrons. The van der Waals surface area contributed by atoms with Crippen molar-refractivity contribution in [3.8, 4) is 11.4 Å². The quantitative estimate of drug-likeness (QED) is 0.682. The zero-order chi connectivity index (χ0) is 18.3. The van der Waals surface area contributed by atoms with Gasteiger partial charge in [-0.15, -0.1) is 0 Å². The van der Waals surface area contributed by atoms with Crippen LogP contribution >= 0.6 is 11.6 Å². The largest absolute Gasteiger partial charge is 0.339 e. The van der Waals surface area contributed by atoms with E-state index in [1.54, 1.807) is 6.07 Å². The first-order valence-electron chi connectivity index (χ1n) is 8.49. The highest BCUT2D eigenvalue weighted by Crippen LogP contribution is 2.34.